The molecule has 4 aromatic rings. The molecule has 1 heterocycles. The van der Waals surface area contributed by atoms with Crippen LogP contribution in [-0.4, -0.2) is 11.7 Å². The van der Waals surface area contributed by atoms with E-state index < -0.39 is 11.7 Å². The highest BCUT2D eigenvalue weighted by Gasteiger charge is 2.24. The first-order valence-corrected chi connectivity index (χ1v) is 7.60. The van der Waals surface area contributed by atoms with Crippen LogP contribution in [0.3, 0.4) is 0 Å². The van der Waals surface area contributed by atoms with Gasteiger partial charge >= 0.3 is 5.91 Å². The normalized spacial score (nSPS) is 13.8. The monoisotopic (exact) mass is 310 g/mol. The average molecular weight is 310 g/mol. The van der Waals surface area contributed by atoms with Gasteiger partial charge in [-0.05, 0) is 56.6 Å². The molecule has 1 aliphatic heterocycles. The van der Waals surface area contributed by atoms with E-state index in [1.54, 1.807) is 6.07 Å². The summed E-state index contributed by atoms with van der Waals surface area (Å²) < 4.78 is 0. The highest BCUT2D eigenvalue weighted by molar-refractivity contribution is 6.45. The molecular formula is C20H10N2O2. The second-order valence-corrected chi connectivity index (χ2v) is 5.91. The van der Waals surface area contributed by atoms with Crippen LogP contribution < -0.4 is 0 Å². The van der Waals surface area contributed by atoms with Crippen LogP contribution in [0.1, 0.15) is 10.4 Å². The molecule has 0 aromatic heterocycles. The van der Waals surface area contributed by atoms with E-state index in [-0.39, 0.29) is 0 Å². The van der Waals surface area contributed by atoms with Crippen LogP contribution in [0.15, 0.2) is 70.9 Å². The summed E-state index contributed by atoms with van der Waals surface area (Å²) in [7, 11) is 0. The lowest BCUT2D eigenvalue weighted by Crippen LogP contribution is -2.14. The fourth-order valence-electron chi connectivity index (χ4n) is 3.31. The van der Waals surface area contributed by atoms with Crippen LogP contribution in [0, 0.1) is 0 Å². The molecule has 0 radical (unpaired) electrons. The minimum absolute atomic E-state index is 0.322. The van der Waals surface area contributed by atoms with E-state index in [4.69, 9.17) is 0 Å². The summed E-state index contributed by atoms with van der Waals surface area (Å²) in [6.45, 7) is 0. The molecule has 0 N–H and O–H groups in total. The molecule has 4 nitrogen and oxygen atoms in total. The molecule has 24 heavy (non-hydrogen) atoms. The summed E-state index contributed by atoms with van der Waals surface area (Å²) in [5.74, 6) is -1.41. The number of hydrogen-bond donors (Lipinski definition) is 0. The number of Topliss-reactive ketones (excluding diaryl/α,β-unsaturated/α-hetero) is 1. The summed E-state index contributed by atoms with van der Waals surface area (Å²) in [6.07, 6.45) is 0. The van der Waals surface area contributed by atoms with Crippen molar-refractivity contribution in [3.63, 3.8) is 0 Å². The van der Waals surface area contributed by atoms with Crippen LogP contribution in [0.5, 0.6) is 0 Å². The van der Waals surface area contributed by atoms with Gasteiger partial charge in [-0.2, -0.15) is 0 Å². The van der Waals surface area contributed by atoms with Crippen molar-refractivity contribution >= 4 is 49.7 Å². The van der Waals surface area contributed by atoms with Gasteiger partial charge < -0.3 is 0 Å². The topological polar surface area (TPSA) is 58.9 Å². The molecule has 0 aliphatic carbocycles. The Labute approximate surface area is 136 Å². The highest BCUT2D eigenvalue weighted by Crippen LogP contribution is 2.35. The second-order valence-electron chi connectivity index (χ2n) is 5.91. The molecule has 0 fully saturated rings. The van der Waals surface area contributed by atoms with Gasteiger partial charge in [0.15, 0.2) is 0 Å². The molecule has 0 bridgehead atoms. The number of benzene rings is 4. The number of carbonyl (C=O) groups is 2. The van der Waals surface area contributed by atoms with E-state index in [1.807, 2.05) is 24.3 Å². The van der Waals surface area contributed by atoms with Gasteiger partial charge in [0, 0.05) is 0 Å². The molecular weight excluding hydrogens is 300 g/mol. The third-order valence-corrected chi connectivity index (χ3v) is 4.51. The van der Waals surface area contributed by atoms with Gasteiger partial charge in [-0.3, -0.25) is 9.59 Å². The summed E-state index contributed by atoms with van der Waals surface area (Å²) in [5.41, 5.74) is 0.774. The molecule has 1 aliphatic rings. The van der Waals surface area contributed by atoms with Crippen molar-refractivity contribution in [2.45, 2.75) is 0 Å². The number of amides is 1. The van der Waals surface area contributed by atoms with Gasteiger partial charge in [-0.25, -0.2) is 0 Å². The van der Waals surface area contributed by atoms with E-state index in [2.05, 4.69) is 40.6 Å². The number of fused-ring (bicyclic) bond motifs is 5. The molecule has 1 amide bonds. The molecule has 0 unspecified atom stereocenters. The number of hydrogen-bond acceptors (Lipinski definition) is 3. The molecule has 4 aromatic carbocycles. The first-order chi connectivity index (χ1) is 11.7. The fraction of sp³-hybridized carbons (Fsp3) is 0. The number of rotatable bonds is 0. The Kier molecular flexibility index (Phi) is 2.48. The van der Waals surface area contributed by atoms with Gasteiger partial charge in [0.2, 0.25) is 0 Å². The molecule has 5 rings (SSSR count). The van der Waals surface area contributed by atoms with Crippen molar-refractivity contribution in [1.29, 1.82) is 0 Å². The van der Waals surface area contributed by atoms with Crippen LogP contribution in [0.2, 0.25) is 0 Å². The van der Waals surface area contributed by atoms with Gasteiger partial charge in [-0.15, -0.1) is 10.2 Å². The summed E-state index contributed by atoms with van der Waals surface area (Å²) in [6, 6.07) is 20.1. The van der Waals surface area contributed by atoms with Crippen LogP contribution in [-0.2, 0) is 4.79 Å². The van der Waals surface area contributed by atoms with Gasteiger partial charge in [-0.1, -0.05) is 36.4 Å². The number of azo groups is 1. The molecule has 0 saturated carbocycles. The summed E-state index contributed by atoms with van der Waals surface area (Å²) >= 11 is 0. The Hall–Kier alpha value is -3.40. The Bertz CT molecular complexity index is 1240. The lowest BCUT2D eigenvalue weighted by molar-refractivity contribution is -0.114. The average Bonchev–Trinajstić information content (AvgIpc) is 2.62. The van der Waals surface area contributed by atoms with Crippen molar-refractivity contribution < 1.29 is 9.59 Å². The Morgan fingerprint density at radius 2 is 1.29 bits per heavy atom. The van der Waals surface area contributed by atoms with Gasteiger partial charge in [0.05, 0.1) is 11.3 Å². The van der Waals surface area contributed by atoms with E-state index in [1.165, 1.54) is 5.39 Å². The van der Waals surface area contributed by atoms with Crippen LogP contribution in [0.4, 0.5) is 5.69 Å². The summed E-state index contributed by atoms with van der Waals surface area (Å²) in [5, 5.41) is 13.6. The predicted octanol–water partition coefficient (Wildman–Crippen LogP) is 4.95. The van der Waals surface area contributed by atoms with Crippen molar-refractivity contribution in [3.05, 3.63) is 66.2 Å². The maximum absolute atomic E-state index is 12.1. The van der Waals surface area contributed by atoms with Crippen molar-refractivity contribution in [2.24, 2.45) is 10.2 Å². The minimum Gasteiger partial charge on any atom is -0.283 e. The molecule has 4 heteroatoms. The van der Waals surface area contributed by atoms with Crippen molar-refractivity contribution in [1.82, 2.24) is 0 Å². The zero-order valence-corrected chi connectivity index (χ0v) is 12.5. The third kappa shape index (κ3) is 1.74. The smallest absolute Gasteiger partial charge is 0.283 e. The van der Waals surface area contributed by atoms with Crippen molar-refractivity contribution in [2.75, 3.05) is 0 Å². The quantitative estimate of drug-likeness (QED) is 0.262. The zero-order chi connectivity index (χ0) is 16.3. The number of carbonyl (C=O) groups excluding carboxylic acids is 2. The Morgan fingerprint density at radius 3 is 2.08 bits per heavy atom. The minimum atomic E-state index is -0.812. The Balaban J connectivity index is 1.93. The fourth-order valence-corrected chi connectivity index (χ4v) is 3.31. The zero-order valence-electron chi connectivity index (χ0n) is 12.5. The summed E-state index contributed by atoms with van der Waals surface area (Å²) in [4.78, 5) is 23.6. The Morgan fingerprint density at radius 1 is 0.625 bits per heavy atom. The maximum Gasteiger partial charge on any atom is 0.336 e. The first-order valence-electron chi connectivity index (χ1n) is 7.60. The molecule has 0 saturated heterocycles. The second kappa shape index (κ2) is 4.55. The molecule has 112 valence electrons. The van der Waals surface area contributed by atoms with Crippen molar-refractivity contribution in [3.8, 4) is 0 Å². The third-order valence-electron chi connectivity index (χ3n) is 4.51. The standard InChI is InChI=1S/C20H10N2O2/c23-19-17-10-16-14(9-18(17)21-22-20(19)24)6-5-13-7-11-3-1-2-4-12(11)8-15(13)16/h1-10H. The lowest BCUT2D eigenvalue weighted by Gasteiger charge is -2.11. The highest BCUT2D eigenvalue weighted by atomic mass is 16.2. The SMILES string of the molecule is O=C1N=Nc2cc3ccc4cc5ccccc5cc4c3cc2C1=O. The van der Waals surface area contributed by atoms with E-state index in [0.29, 0.717) is 11.3 Å². The van der Waals surface area contributed by atoms with Crippen LogP contribution in [0.25, 0.3) is 32.3 Å². The van der Waals surface area contributed by atoms with Gasteiger partial charge in [0.1, 0.15) is 0 Å². The number of ketones is 1. The van der Waals surface area contributed by atoms with E-state index in [9.17, 15) is 9.59 Å². The largest absolute Gasteiger partial charge is 0.336 e. The van der Waals surface area contributed by atoms with Crippen LogP contribution >= 0.6 is 0 Å². The lowest BCUT2D eigenvalue weighted by atomic mass is 9.95. The molecule has 0 atom stereocenters. The number of nitrogens with zero attached hydrogens (tertiary/aromatic N) is 2. The van der Waals surface area contributed by atoms with E-state index in [0.717, 1.165) is 26.9 Å². The predicted molar refractivity (Wildman–Crippen MR) is 92.8 cm³/mol. The maximum atomic E-state index is 12.1. The van der Waals surface area contributed by atoms with E-state index >= 15 is 0 Å². The van der Waals surface area contributed by atoms with Gasteiger partial charge in [0.25, 0.3) is 5.78 Å². The first kappa shape index (κ1) is 13.1. The molecule has 0 spiro atoms.